The van der Waals surface area contributed by atoms with E-state index in [1.54, 1.807) is 42.5 Å². The molecule has 132 valence electrons. The van der Waals surface area contributed by atoms with Crippen molar-refractivity contribution in [2.45, 2.75) is 6.42 Å². The van der Waals surface area contributed by atoms with Gasteiger partial charge in [0.15, 0.2) is 0 Å². The summed E-state index contributed by atoms with van der Waals surface area (Å²) >= 11 is 0. The standard InChI is InChI=1S/C19H18FN5O/c1-25(11-8-14-6-9-21-10-7-14)19(26)17-12-18(23-13-22-17)24-16-5-3-2-4-15(16)20/h2-7,9-10,12-13H,8,11H2,1H3,(H,22,23,24). The molecule has 0 aliphatic heterocycles. The number of amides is 1. The van der Waals surface area contributed by atoms with Crippen molar-refractivity contribution in [3.63, 3.8) is 0 Å². The van der Waals surface area contributed by atoms with Gasteiger partial charge in [-0.2, -0.15) is 0 Å². The molecule has 0 radical (unpaired) electrons. The van der Waals surface area contributed by atoms with Crippen molar-refractivity contribution in [2.75, 3.05) is 18.9 Å². The van der Waals surface area contributed by atoms with Gasteiger partial charge in [-0.1, -0.05) is 12.1 Å². The SMILES string of the molecule is CN(CCc1ccncc1)C(=O)c1cc(Nc2ccccc2F)ncn1. The lowest BCUT2D eigenvalue weighted by Gasteiger charge is -2.17. The van der Waals surface area contributed by atoms with Crippen LogP contribution >= 0.6 is 0 Å². The highest BCUT2D eigenvalue weighted by atomic mass is 19.1. The van der Waals surface area contributed by atoms with Gasteiger partial charge in [-0.05, 0) is 36.2 Å². The molecule has 7 heteroatoms. The first-order valence-corrected chi connectivity index (χ1v) is 8.11. The molecule has 0 atom stereocenters. The fourth-order valence-electron chi connectivity index (χ4n) is 2.39. The van der Waals surface area contributed by atoms with Gasteiger partial charge in [0, 0.05) is 32.1 Å². The van der Waals surface area contributed by atoms with E-state index in [2.05, 4.69) is 20.3 Å². The lowest BCUT2D eigenvalue weighted by atomic mass is 10.2. The number of nitrogens with one attached hydrogen (secondary N) is 1. The number of aromatic nitrogens is 3. The number of carbonyl (C=O) groups is 1. The van der Waals surface area contributed by atoms with Gasteiger partial charge in [0.25, 0.3) is 5.91 Å². The number of hydrogen-bond acceptors (Lipinski definition) is 5. The fourth-order valence-corrected chi connectivity index (χ4v) is 2.39. The maximum atomic E-state index is 13.7. The molecule has 0 unspecified atom stereocenters. The average molecular weight is 351 g/mol. The smallest absolute Gasteiger partial charge is 0.272 e. The number of rotatable bonds is 6. The Kier molecular flexibility index (Phi) is 5.48. The zero-order chi connectivity index (χ0) is 18.4. The van der Waals surface area contributed by atoms with E-state index in [4.69, 9.17) is 0 Å². The van der Waals surface area contributed by atoms with Crippen LogP contribution in [0, 0.1) is 5.82 Å². The van der Waals surface area contributed by atoms with Crippen LogP contribution < -0.4 is 5.32 Å². The summed E-state index contributed by atoms with van der Waals surface area (Å²) in [4.78, 5) is 26.2. The first kappa shape index (κ1) is 17.5. The topological polar surface area (TPSA) is 71.0 Å². The number of pyridine rings is 1. The molecule has 0 saturated carbocycles. The van der Waals surface area contributed by atoms with Gasteiger partial charge in [-0.25, -0.2) is 14.4 Å². The van der Waals surface area contributed by atoms with Crippen LogP contribution in [-0.2, 0) is 6.42 Å². The second kappa shape index (κ2) is 8.15. The fraction of sp³-hybridized carbons (Fsp3) is 0.158. The van der Waals surface area contributed by atoms with Crippen molar-refractivity contribution in [3.8, 4) is 0 Å². The molecule has 2 heterocycles. The largest absolute Gasteiger partial charge is 0.340 e. The summed E-state index contributed by atoms with van der Waals surface area (Å²) in [6.45, 7) is 0.545. The highest BCUT2D eigenvalue weighted by Gasteiger charge is 2.14. The summed E-state index contributed by atoms with van der Waals surface area (Å²) in [5.41, 5.74) is 1.64. The third kappa shape index (κ3) is 4.38. The van der Waals surface area contributed by atoms with Crippen molar-refractivity contribution in [1.29, 1.82) is 0 Å². The summed E-state index contributed by atoms with van der Waals surface area (Å²) in [7, 11) is 1.72. The number of benzene rings is 1. The maximum Gasteiger partial charge on any atom is 0.272 e. The molecule has 6 nitrogen and oxygen atoms in total. The summed E-state index contributed by atoms with van der Waals surface area (Å²) in [6.07, 6.45) is 5.45. The zero-order valence-electron chi connectivity index (χ0n) is 14.3. The molecule has 0 spiro atoms. The third-order valence-electron chi connectivity index (χ3n) is 3.85. The van der Waals surface area contributed by atoms with Gasteiger partial charge in [0.1, 0.15) is 23.7 Å². The second-order valence-electron chi connectivity index (χ2n) is 5.73. The predicted molar refractivity (Wildman–Crippen MR) is 96.6 cm³/mol. The molecule has 3 aromatic rings. The van der Waals surface area contributed by atoms with Crippen LogP contribution in [0.1, 0.15) is 16.1 Å². The minimum atomic E-state index is -0.395. The molecule has 0 aliphatic rings. The molecular weight excluding hydrogens is 333 g/mol. The molecule has 0 bridgehead atoms. The van der Waals surface area contributed by atoms with Crippen LogP contribution in [0.5, 0.6) is 0 Å². The normalized spacial score (nSPS) is 10.4. The zero-order valence-corrected chi connectivity index (χ0v) is 14.3. The number of nitrogens with zero attached hydrogens (tertiary/aromatic N) is 4. The lowest BCUT2D eigenvalue weighted by molar-refractivity contribution is 0.0790. The Bertz CT molecular complexity index is 888. The lowest BCUT2D eigenvalue weighted by Crippen LogP contribution is -2.29. The summed E-state index contributed by atoms with van der Waals surface area (Å²) in [6, 6.07) is 11.6. The van der Waals surface area contributed by atoms with Crippen molar-refractivity contribution in [1.82, 2.24) is 19.9 Å². The number of carbonyl (C=O) groups excluding carboxylic acids is 1. The van der Waals surface area contributed by atoms with E-state index in [0.29, 0.717) is 12.4 Å². The van der Waals surface area contributed by atoms with Crippen LogP contribution in [-0.4, -0.2) is 39.4 Å². The van der Waals surface area contributed by atoms with Crippen molar-refractivity contribution >= 4 is 17.4 Å². The summed E-state index contributed by atoms with van der Waals surface area (Å²) in [5.74, 6) is -0.262. The molecule has 0 fully saturated rings. The minimum Gasteiger partial charge on any atom is -0.340 e. The minimum absolute atomic E-state index is 0.224. The summed E-state index contributed by atoms with van der Waals surface area (Å²) < 4.78 is 13.7. The number of halogens is 1. The van der Waals surface area contributed by atoms with E-state index in [9.17, 15) is 9.18 Å². The summed E-state index contributed by atoms with van der Waals surface area (Å²) in [5, 5.41) is 2.86. The van der Waals surface area contributed by atoms with E-state index >= 15 is 0 Å². The number of hydrogen-bond donors (Lipinski definition) is 1. The van der Waals surface area contributed by atoms with Crippen LogP contribution in [0.15, 0.2) is 61.2 Å². The van der Waals surface area contributed by atoms with Gasteiger partial charge in [-0.15, -0.1) is 0 Å². The van der Waals surface area contributed by atoms with Crippen LogP contribution in [0.3, 0.4) is 0 Å². The third-order valence-corrected chi connectivity index (χ3v) is 3.85. The molecule has 1 aromatic carbocycles. The average Bonchev–Trinajstić information content (AvgIpc) is 2.68. The van der Waals surface area contributed by atoms with Gasteiger partial charge in [0.2, 0.25) is 0 Å². The molecule has 0 saturated heterocycles. The maximum absolute atomic E-state index is 13.7. The molecule has 2 aromatic heterocycles. The Morgan fingerprint density at radius 3 is 2.69 bits per heavy atom. The van der Waals surface area contributed by atoms with Gasteiger partial charge >= 0.3 is 0 Å². The van der Waals surface area contributed by atoms with Crippen LogP contribution in [0.25, 0.3) is 0 Å². The Labute approximate surface area is 150 Å². The number of anilines is 2. The van der Waals surface area contributed by atoms with Gasteiger partial charge in [0.05, 0.1) is 5.69 Å². The Morgan fingerprint density at radius 1 is 1.15 bits per heavy atom. The first-order valence-electron chi connectivity index (χ1n) is 8.11. The van der Waals surface area contributed by atoms with E-state index in [1.807, 2.05) is 12.1 Å². The number of likely N-dealkylation sites (N-methyl/N-ethyl adjacent to an activating group) is 1. The van der Waals surface area contributed by atoms with E-state index < -0.39 is 5.82 Å². The molecule has 1 amide bonds. The first-order chi connectivity index (χ1) is 12.6. The van der Waals surface area contributed by atoms with E-state index in [1.165, 1.54) is 18.5 Å². The quantitative estimate of drug-likeness (QED) is 0.739. The van der Waals surface area contributed by atoms with Crippen molar-refractivity contribution in [2.24, 2.45) is 0 Å². The van der Waals surface area contributed by atoms with Gasteiger partial charge < -0.3 is 10.2 Å². The number of para-hydroxylation sites is 1. The second-order valence-corrected chi connectivity index (χ2v) is 5.73. The van der Waals surface area contributed by atoms with E-state index in [0.717, 1.165) is 12.0 Å². The highest BCUT2D eigenvalue weighted by molar-refractivity contribution is 5.92. The van der Waals surface area contributed by atoms with E-state index in [-0.39, 0.29) is 17.3 Å². The van der Waals surface area contributed by atoms with Gasteiger partial charge in [-0.3, -0.25) is 9.78 Å². The Morgan fingerprint density at radius 2 is 1.92 bits per heavy atom. The van der Waals surface area contributed by atoms with Crippen molar-refractivity contribution in [3.05, 3.63) is 78.3 Å². The monoisotopic (exact) mass is 351 g/mol. The molecular formula is C19H18FN5O. The molecule has 0 aliphatic carbocycles. The highest BCUT2D eigenvalue weighted by Crippen LogP contribution is 2.18. The molecule has 1 N–H and O–H groups in total. The predicted octanol–water partition coefficient (Wildman–Crippen LogP) is 3.07. The molecule has 3 rings (SSSR count). The Balaban J connectivity index is 1.66. The van der Waals surface area contributed by atoms with Crippen LogP contribution in [0.4, 0.5) is 15.9 Å². The molecule has 26 heavy (non-hydrogen) atoms. The van der Waals surface area contributed by atoms with Crippen LogP contribution in [0.2, 0.25) is 0 Å². The Hall–Kier alpha value is -3.35. The van der Waals surface area contributed by atoms with Crippen molar-refractivity contribution < 1.29 is 9.18 Å².